The molecule has 3 aromatic rings. The van der Waals surface area contributed by atoms with Gasteiger partial charge in [0.1, 0.15) is 6.07 Å². The Morgan fingerprint density at radius 1 is 1.36 bits per heavy atom. The number of para-hydroxylation sites is 1. The van der Waals surface area contributed by atoms with Crippen molar-refractivity contribution in [3.8, 4) is 17.2 Å². The zero-order chi connectivity index (χ0) is 18.0. The molecule has 3 rings (SSSR count). The van der Waals surface area contributed by atoms with E-state index in [1.54, 1.807) is 31.2 Å². The molecular weight excluding hydrogens is 324 g/mol. The molecule has 0 bridgehead atoms. The second-order valence-corrected chi connectivity index (χ2v) is 5.06. The SMILES string of the molecule is CCOC(=O)c1ccc2c(-c3ccccc3[N+](=O)[O-])c(C#N)cnn12. The number of hydrogen-bond acceptors (Lipinski definition) is 6. The molecule has 0 N–H and O–H groups in total. The molecule has 1 aromatic carbocycles. The Kier molecular flexibility index (Phi) is 4.14. The Labute approximate surface area is 142 Å². The minimum atomic E-state index is -0.562. The Morgan fingerprint density at radius 3 is 2.80 bits per heavy atom. The fourth-order valence-corrected chi connectivity index (χ4v) is 2.63. The van der Waals surface area contributed by atoms with Crippen molar-refractivity contribution in [1.29, 1.82) is 5.26 Å². The van der Waals surface area contributed by atoms with Gasteiger partial charge in [-0.15, -0.1) is 0 Å². The number of carbonyl (C=O) groups excluding carboxylic acids is 1. The van der Waals surface area contributed by atoms with Gasteiger partial charge in [0.15, 0.2) is 5.69 Å². The van der Waals surface area contributed by atoms with E-state index in [1.165, 1.54) is 22.8 Å². The Balaban J connectivity index is 2.34. The first kappa shape index (κ1) is 16.1. The van der Waals surface area contributed by atoms with Crippen molar-refractivity contribution in [3.63, 3.8) is 0 Å². The Hall–Kier alpha value is -3.73. The molecule has 8 heteroatoms. The minimum absolute atomic E-state index is 0.133. The lowest BCUT2D eigenvalue weighted by atomic mass is 10.00. The molecule has 0 atom stereocenters. The summed E-state index contributed by atoms with van der Waals surface area (Å²) in [5.74, 6) is -0.562. The number of nitriles is 1. The molecular formula is C17H12N4O4. The van der Waals surface area contributed by atoms with Crippen LogP contribution in [0.15, 0.2) is 42.6 Å². The van der Waals surface area contributed by atoms with Gasteiger partial charge in [-0.2, -0.15) is 10.4 Å². The molecule has 0 radical (unpaired) electrons. The van der Waals surface area contributed by atoms with Gasteiger partial charge < -0.3 is 4.74 Å². The molecule has 2 heterocycles. The molecule has 0 unspecified atom stereocenters. The summed E-state index contributed by atoms with van der Waals surface area (Å²) < 4.78 is 6.31. The van der Waals surface area contributed by atoms with Gasteiger partial charge in [0.25, 0.3) is 5.69 Å². The summed E-state index contributed by atoms with van der Waals surface area (Å²) in [6, 6.07) is 11.2. The highest BCUT2D eigenvalue weighted by atomic mass is 16.6. The monoisotopic (exact) mass is 336 g/mol. The van der Waals surface area contributed by atoms with Crippen molar-refractivity contribution in [1.82, 2.24) is 9.61 Å². The standard InChI is InChI=1S/C17H12N4O4/c1-2-25-17(22)15-8-7-14-16(11(9-18)10-19-20(14)15)12-5-3-4-6-13(12)21(23)24/h3-8,10H,2H2,1H3. The van der Waals surface area contributed by atoms with E-state index in [0.717, 1.165) is 0 Å². The summed E-state index contributed by atoms with van der Waals surface area (Å²) in [5.41, 5.74) is 1.27. The van der Waals surface area contributed by atoms with E-state index in [1.807, 2.05) is 6.07 Å². The van der Waals surface area contributed by atoms with Crippen LogP contribution in [0.3, 0.4) is 0 Å². The van der Waals surface area contributed by atoms with Crippen molar-refractivity contribution in [2.24, 2.45) is 0 Å². The number of ether oxygens (including phenoxy) is 1. The zero-order valence-electron chi connectivity index (χ0n) is 13.2. The zero-order valence-corrected chi connectivity index (χ0v) is 13.2. The van der Waals surface area contributed by atoms with Gasteiger partial charge in [-0.25, -0.2) is 9.31 Å². The van der Waals surface area contributed by atoms with Gasteiger partial charge in [-0.1, -0.05) is 12.1 Å². The Bertz CT molecular complexity index is 1030. The van der Waals surface area contributed by atoms with E-state index in [9.17, 15) is 20.2 Å². The number of nitro benzene ring substituents is 1. The van der Waals surface area contributed by atoms with E-state index in [2.05, 4.69) is 5.10 Å². The highest BCUT2D eigenvalue weighted by Gasteiger charge is 2.23. The van der Waals surface area contributed by atoms with E-state index in [-0.39, 0.29) is 29.1 Å². The van der Waals surface area contributed by atoms with Crippen LogP contribution in [0.25, 0.3) is 16.6 Å². The molecule has 25 heavy (non-hydrogen) atoms. The van der Waals surface area contributed by atoms with E-state index >= 15 is 0 Å². The number of carbonyl (C=O) groups is 1. The lowest BCUT2D eigenvalue weighted by Crippen LogP contribution is -2.10. The number of rotatable bonds is 4. The van der Waals surface area contributed by atoms with Crippen molar-refractivity contribution in [3.05, 3.63) is 64.0 Å². The van der Waals surface area contributed by atoms with Crippen LogP contribution < -0.4 is 0 Å². The number of aromatic nitrogens is 2. The number of fused-ring (bicyclic) bond motifs is 1. The summed E-state index contributed by atoms with van der Waals surface area (Å²) in [6.45, 7) is 1.90. The van der Waals surface area contributed by atoms with Crippen molar-refractivity contribution in [2.75, 3.05) is 6.61 Å². The van der Waals surface area contributed by atoms with Crippen LogP contribution in [0.1, 0.15) is 23.0 Å². The Morgan fingerprint density at radius 2 is 2.12 bits per heavy atom. The van der Waals surface area contributed by atoms with E-state index < -0.39 is 10.9 Å². The number of benzene rings is 1. The second-order valence-electron chi connectivity index (χ2n) is 5.06. The molecule has 0 amide bonds. The van der Waals surface area contributed by atoms with Crippen molar-refractivity contribution >= 4 is 17.2 Å². The normalized spacial score (nSPS) is 10.4. The van der Waals surface area contributed by atoms with Crippen LogP contribution in [0.2, 0.25) is 0 Å². The molecule has 2 aromatic heterocycles. The third kappa shape index (κ3) is 2.68. The second kappa shape index (κ2) is 6.41. The third-order valence-corrected chi connectivity index (χ3v) is 3.66. The number of esters is 1. The molecule has 0 saturated heterocycles. The maximum atomic E-state index is 12.0. The summed E-state index contributed by atoms with van der Waals surface area (Å²) >= 11 is 0. The molecule has 124 valence electrons. The van der Waals surface area contributed by atoms with Crippen LogP contribution in [-0.4, -0.2) is 27.1 Å². The maximum absolute atomic E-state index is 12.0. The average Bonchev–Trinajstić information content (AvgIpc) is 3.05. The predicted molar refractivity (Wildman–Crippen MR) is 88.0 cm³/mol. The lowest BCUT2D eigenvalue weighted by Gasteiger charge is -2.09. The first-order valence-electron chi connectivity index (χ1n) is 7.40. The smallest absolute Gasteiger partial charge is 0.356 e. The van der Waals surface area contributed by atoms with E-state index in [0.29, 0.717) is 11.1 Å². The van der Waals surface area contributed by atoms with Gasteiger partial charge >= 0.3 is 5.97 Å². The number of nitrogens with zero attached hydrogens (tertiary/aromatic N) is 4. The first-order valence-corrected chi connectivity index (χ1v) is 7.40. The van der Waals surface area contributed by atoms with Crippen LogP contribution in [0.4, 0.5) is 5.69 Å². The van der Waals surface area contributed by atoms with Gasteiger partial charge in [-0.05, 0) is 25.1 Å². The quantitative estimate of drug-likeness (QED) is 0.411. The predicted octanol–water partition coefficient (Wildman–Crippen LogP) is 2.96. The van der Waals surface area contributed by atoms with Crippen LogP contribution in [0.5, 0.6) is 0 Å². The van der Waals surface area contributed by atoms with Gasteiger partial charge in [0, 0.05) is 11.6 Å². The topological polar surface area (TPSA) is 111 Å². The summed E-state index contributed by atoms with van der Waals surface area (Å²) in [6.07, 6.45) is 1.28. The molecule has 8 nitrogen and oxygen atoms in total. The highest BCUT2D eigenvalue weighted by molar-refractivity contribution is 5.94. The van der Waals surface area contributed by atoms with Crippen molar-refractivity contribution < 1.29 is 14.5 Å². The van der Waals surface area contributed by atoms with Crippen molar-refractivity contribution in [2.45, 2.75) is 6.92 Å². The van der Waals surface area contributed by atoms with Gasteiger partial charge in [0.2, 0.25) is 0 Å². The van der Waals surface area contributed by atoms with Gasteiger partial charge in [-0.3, -0.25) is 10.1 Å². The lowest BCUT2D eigenvalue weighted by molar-refractivity contribution is -0.384. The summed E-state index contributed by atoms with van der Waals surface area (Å²) in [4.78, 5) is 22.9. The highest BCUT2D eigenvalue weighted by Crippen LogP contribution is 2.35. The largest absolute Gasteiger partial charge is 0.461 e. The first-order chi connectivity index (χ1) is 12.1. The average molecular weight is 336 g/mol. The number of nitro groups is 1. The molecule has 0 aliphatic carbocycles. The molecule has 0 aliphatic heterocycles. The fraction of sp³-hybridized carbons (Fsp3) is 0.118. The summed E-state index contributed by atoms with van der Waals surface area (Å²) in [5, 5.41) is 24.9. The fourth-order valence-electron chi connectivity index (χ4n) is 2.63. The maximum Gasteiger partial charge on any atom is 0.356 e. The third-order valence-electron chi connectivity index (χ3n) is 3.66. The van der Waals surface area contributed by atoms with Crippen LogP contribution >= 0.6 is 0 Å². The minimum Gasteiger partial charge on any atom is -0.461 e. The molecule has 0 fully saturated rings. The molecule has 0 saturated carbocycles. The van der Waals surface area contributed by atoms with Gasteiger partial charge in [0.05, 0.1) is 34.4 Å². The molecule has 0 spiro atoms. The van der Waals surface area contributed by atoms with E-state index in [4.69, 9.17) is 4.74 Å². The van der Waals surface area contributed by atoms with Crippen LogP contribution in [-0.2, 0) is 4.74 Å². The number of hydrogen-bond donors (Lipinski definition) is 0. The molecule has 0 aliphatic rings. The summed E-state index contributed by atoms with van der Waals surface area (Å²) in [7, 11) is 0. The van der Waals surface area contributed by atoms with Crippen LogP contribution in [0, 0.1) is 21.4 Å².